The molecule has 1 aliphatic rings. The van der Waals surface area contributed by atoms with E-state index in [0.717, 1.165) is 25.6 Å². The normalized spacial score (nSPS) is 22.0. The van der Waals surface area contributed by atoms with Crippen LogP contribution in [-0.2, 0) is 6.54 Å². The zero-order valence-electron chi connectivity index (χ0n) is 16.0. The van der Waals surface area contributed by atoms with Crippen molar-refractivity contribution in [2.45, 2.75) is 39.4 Å². The maximum Gasteiger partial charge on any atom is 0.191 e. The van der Waals surface area contributed by atoms with Crippen LogP contribution in [0.15, 0.2) is 29.3 Å². The van der Waals surface area contributed by atoms with E-state index in [1.807, 2.05) is 7.05 Å². The molecule has 1 saturated heterocycles. The van der Waals surface area contributed by atoms with Crippen molar-refractivity contribution in [3.63, 3.8) is 0 Å². The number of likely N-dealkylation sites (tertiary alicyclic amines) is 1. The fourth-order valence-corrected chi connectivity index (χ4v) is 3.08. The van der Waals surface area contributed by atoms with Gasteiger partial charge in [0.2, 0.25) is 0 Å². The lowest BCUT2D eigenvalue weighted by Gasteiger charge is -2.22. The SMILES string of the molecule is CN=C(NCc1ccc(N(C)C)cc1)NC1CN(C(C)C)CC1C. The van der Waals surface area contributed by atoms with Gasteiger partial charge in [-0.25, -0.2) is 0 Å². The number of benzene rings is 1. The summed E-state index contributed by atoms with van der Waals surface area (Å²) in [6.45, 7) is 9.85. The highest BCUT2D eigenvalue weighted by Crippen LogP contribution is 2.18. The molecule has 1 heterocycles. The molecule has 2 unspecified atom stereocenters. The number of anilines is 1. The lowest BCUT2D eigenvalue weighted by atomic mass is 10.1. The number of nitrogens with one attached hydrogen (secondary N) is 2. The van der Waals surface area contributed by atoms with Crippen LogP contribution in [0.3, 0.4) is 0 Å². The third-order valence-electron chi connectivity index (χ3n) is 4.83. The summed E-state index contributed by atoms with van der Waals surface area (Å²) in [5.74, 6) is 1.51. The number of rotatable bonds is 5. The first-order chi connectivity index (χ1) is 11.4. The number of nitrogens with zero attached hydrogens (tertiary/aromatic N) is 3. The van der Waals surface area contributed by atoms with Gasteiger partial charge in [0.1, 0.15) is 0 Å². The molecule has 1 aromatic rings. The molecular weight excluding hydrogens is 298 g/mol. The van der Waals surface area contributed by atoms with Gasteiger partial charge in [-0.2, -0.15) is 0 Å². The van der Waals surface area contributed by atoms with Crippen LogP contribution in [0.2, 0.25) is 0 Å². The Morgan fingerprint density at radius 2 is 1.92 bits per heavy atom. The maximum atomic E-state index is 4.38. The van der Waals surface area contributed by atoms with Crippen LogP contribution in [0.25, 0.3) is 0 Å². The molecule has 0 spiro atoms. The summed E-state index contributed by atoms with van der Waals surface area (Å²) in [7, 11) is 5.95. The molecular formula is C19H33N5. The van der Waals surface area contributed by atoms with Crippen LogP contribution < -0.4 is 15.5 Å². The Morgan fingerprint density at radius 1 is 1.25 bits per heavy atom. The Labute approximate surface area is 147 Å². The second-order valence-electron chi connectivity index (χ2n) is 7.26. The van der Waals surface area contributed by atoms with Gasteiger partial charge < -0.3 is 15.5 Å². The third-order valence-corrected chi connectivity index (χ3v) is 4.83. The minimum Gasteiger partial charge on any atom is -0.378 e. The maximum absolute atomic E-state index is 4.38. The molecule has 1 aliphatic heterocycles. The van der Waals surface area contributed by atoms with Crippen LogP contribution in [0.4, 0.5) is 5.69 Å². The lowest BCUT2D eigenvalue weighted by molar-refractivity contribution is 0.265. The average molecular weight is 332 g/mol. The average Bonchev–Trinajstić information content (AvgIpc) is 2.93. The van der Waals surface area contributed by atoms with Crippen molar-refractivity contribution in [1.29, 1.82) is 0 Å². The molecule has 0 bridgehead atoms. The zero-order chi connectivity index (χ0) is 17.7. The summed E-state index contributed by atoms with van der Waals surface area (Å²) in [4.78, 5) is 9.02. The first kappa shape index (κ1) is 18.6. The first-order valence-corrected chi connectivity index (χ1v) is 8.88. The molecule has 134 valence electrons. The van der Waals surface area contributed by atoms with Crippen LogP contribution in [-0.4, -0.2) is 57.2 Å². The van der Waals surface area contributed by atoms with E-state index in [4.69, 9.17) is 0 Å². The molecule has 0 aliphatic carbocycles. The third kappa shape index (κ3) is 4.87. The standard InChI is InChI=1S/C19H33N5/c1-14(2)24-12-15(3)18(13-24)22-19(20-4)21-11-16-7-9-17(10-8-16)23(5)6/h7-10,14-15,18H,11-13H2,1-6H3,(H2,20,21,22). The predicted octanol–water partition coefficient (Wildman–Crippen LogP) is 2.15. The van der Waals surface area contributed by atoms with Gasteiger partial charge in [-0.15, -0.1) is 0 Å². The van der Waals surface area contributed by atoms with Crippen molar-refractivity contribution in [2.75, 3.05) is 39.1 Å². The highest BCUT2D eigenvalue weighted by atomic mass is 15.3. The van der Waals surface area contributed by atoms with Crippen LogP contribution in [0.5, 0.6) is 0 Å². The van der Waals surface area contributed by atoms with Gasteiger partial charge in [0.05, 0.1) is 0 Å². The number of aliphatic imine (C=N–C) groups is 1. The van der Waals surface area contributed by atoms with E-state index in [2.05, 4.69) is 84.6 Å². The van der Waals surface area contributed by atoms with Gasteiger partial charge in [-0.3, -0.25) is 9.89 Å². The number of hydrogen-bond acceptors (Lipinski definition) is 3. The summed E-state index contributed by atoms with van der Waals surface area (Å²) >= 11 is 0. The highest BCUT2D eigenvalue weighted by molar-refractivity contribution is 5.80. The van der Waals surface area contributed by atoms with E-state index in [1.165, 1.54) is 11.3 Å². The molecule has 1 fully saturated rings. The van der Waals surface area contributed by atoms with Crippen molar-refractivity contribution in [3.05, 3.63) is 29.8 Å². The molecule has 0 aromatic heterocycles. The van der Waals surface area contributed by atoms with Gasteiger partial charge in [0.15, 0.2) is 5.96 Å². The van der Waals surface area contributed by atoms with Crippen molar-refractivity contribution < 1.29 is 0 Å². The van der Waals surface area contributed by atoms with Gasteiger partial charge in [-0.1, -0.05) is 19.1 Å². The van der Waals surface area contributed by atoms with Crippen molar-refractivity contribution in [2.24, 2.45) is 10.9 Å². The quantitative estimate of drug-likeness (QED) is 0.641. The van der Waals surface area contributed by atoms with Gasteiger partial charge in [0, 0.05) is 58.5 Å². The molecule has 24 heavy (non-hydrogen) atoms. The van der Waals surface area contributed by atoms with Crippen molar-refractivity contribution >= 4 is 11.6 Å². The molecule has 0 amide bonds. The number of hydrogen-bond donors (Lipinski definition) is 2. The Balaban J connectivity index is 1.86. The zero-order valence-corrected chi connectivity index (χ0v) is 16.0. The van der Waals surface area contributed by atoms with E-state index >= 15 is 0 Å². The van der Waals surface area contributed by atoms with Crippen molar-refractivity contribution in [3.8, 4) is 0 Å². The van der Waals surface area contributed by atoms with E-state index in [1.54, 1.807) is 0 Å². The second-order valence-corrected chi connectivity index (χ2v) is 7.26. The number of guanidine groups is 1. The van der Waals surface area contributed by atoms with Crippen LogP contribution >= 0.6 is 0 Å². The molecule has 0 radical (unpaired) electrons. The summed E-state index contributed by atoms with van der Waals surface area (Å²) in [5.41, 5.74) is 2.47. The van der Waals surface area contributed by atoms with E-state index in [0.29, 0.717) is 18.0 Å². The molecule has 5 nitrogen and oxygen atoms in total. The van der Waals surface area contributed by atoms with Gasteiger partial charge in [0.25, 0.3) is 0 Å². The minimum absolute atomic E-state index is 0.453. The Morgan fingerprint density at radius 3 is 2.42 bits per heavy atom. The van der Waals surface area contributed by atoms with Gasteiger partial charge >= 0.3 is 0 Å². The smallest absolute Gasteiger partial charge is 0.191 e. The van der Waals surface area contributed by atoms with Crippen LogP contribution in [0.1, 0.15) is 26.3 Å². The monoisotopic (exact) mass is 331 g/mol. The predicted molar refractivity (Wildman–Crippen MR) is 104 cm³/mol. The second kappa shape index (κ2) is 8.38. The molecule has 5 heteroatoms. The fraction of sp³-hybridized carbons (Fsp3) is 0.632. The molecule has 1 aromatic carbocycles. The minimum atomic E-state index is 0.453. The fourth-order valence-electron chi connectivity index (χ4n) is 3.08. The summed E-state index contributed by atoms with van der Waals surface area (Å²) < 4.78 is 0. The van der Waals surface area contributed by atoms with E-state index < -0.39 is 0 Å². The summed E-state index contributed by atoms with van der Waals surface area (Å²) in [5, 5.41) is 7.02. The Kier molecular flexibility index (Phi) is 6.49. The van der Waals surface area contributed by atoms with Crippen molar-refractivity contribution in [1.82, 2.24) is 15.5 Å². The Bertz CT molecular complexity index is 535. The molecule has 2 atom stereocenters. The molecule has 2 rings (SSSR count). The first-order valence-electron chi connectivity index (χ1n) is 8.88. The molecule has 0 saturated carbocycles. The Hall–Kier alpha value is -1.75. The molecule has 2 N–H and O–H groups in total. The lowest BCUT2D eigenvalue weighted by Crippen LogP contribution is -2.46. The largest absolute Gasteiger partial charge is 0.378 e. The van der Waals surface area contributed by atoms with Gasteiger partial charge in [-0.05, 0) is 37.5 Å². The van der Waals surface area contributed by atoms with Crippen LogP contribution in [0, 0.1) is 5.92 Å². The summed E-state index contributed by atoms with van der Waals surface area (Å²) in [6.07, 6.45) is 0. The van der Waals surface area contributed by atoms with E-state index in [9.17, 15) is 0 Å². The summed E-state index contributed by atoms with van der Waals surface area (Å²) in [6, 6.07) is 9.67. The topological polar surface area (TPSA) is 42.9 Å². The highest BCUT2D eigenvalue weighted by Gasteiger charge is 2.31. The van der Waals surface area contributed by atoms with E-state index in [-0.39, 0.29) is 0 Å².